The first-order valence-corrected chi connectivity index (χ1v) is 5.24. The lowest BCUT2D eigenvalue weighted by Crippen LogP contribution is -2.02. The molecule has 0 heteroatoms. The number of hydrogen-bond donors (Lipinski definition) is 0. The van der Waals surface area contributed by atoms with Gasteiger partial charge >= 0.3 is 0 Å². The van der Waals surface area contributed by atoms with E-state index in [1.54, 1.807) is 11.1 Å². The lowest BCUT2D eigenvalue weighted by molar-refractivity contribution is 0.640. The third-order valence-corrected chi connectivity index (χ3v) is 3.27. The average molecular weight is 162 g/mol. The highest BCUT2D eigenvalue weighted by molar-refractivity contribution is 5.31. The fourth-order valence-corrected chi connectivity index (χ4v) is 2.52. The Kier molecular flexibility index (Phi) is 2.34. The van der Waals surface area contributed by atoms with Crippen LogP contribution in [0.4, 0.5) is 0 Å². The van der Waals surface area contributed by atoms with E-state index in [1.807, 2.05) is 0 Å². The Morgan fingerprint density at radius 1 is 1.25 bits per heavy atom. The van der Waals surface area contributed by atoms with Gasteiger partial charge in [0.2, 0.25) is 0 Å². The van der Waals surface area contributed by atoms with Gasteiger partial charge in [0.25, 0.3) is 0 Å². The molecule has 0 bridgehead atoms. The van der Waals surface area contributed by atoms with Gasteiger partial charge in [-0.05, 0) is 44.1 Å². The van der Waals surface area contributed by atoms with Crippen molar-refractivity contribution < 1.29 is 0 Å². The standard InChI is InChI=1S/C12H18/c1-10-6-2-5-9-12(10)11-7-3-4-8-11/h5,9,11H,2-4,6-8H2,1H3. The molecule has 0 heterocycles. The van der Waals surface area contributed by atoms with Gasteiger partial charge in [0.05, 0.1) is 0 Å². The second kappa shape index (κ2) is 3.47. The molecule has 0 radical (unpaired) electrons. The molecule has 0 aromatic rings. The summed E-state index contributed by atoms with van der Waals surface area (Å²) in [5, 5.41) is 0. The van der Waals surface area contributed by atoms with Gasteiger partial charge in [0, 0.05) is 0 Å². The second-order valence-electron chi connectivity index (χ2n) is 4.16. The first-order chi connectivity index (χ1) is 5.88. The Hall–Kier alpha value is -0.520. The van der Waals surface area contributed by atoms with Crippen LogP contribution in [-0.4, -0.2) is 0 Å². The Balaban J connectivity index is 2.14. The van der Waals surface area contributed by atoms with Crippen LogP contribution in [0.25, 0.3) is 0 Å². The van der Waals surface area contributed by atoms with Crippen LogP contribution in [-0.2, 0) is 0 Å². The van der Waals surface area contributed by atoms with Crippen LogP contribution in [0.3, 0.4) is 0 Å². The van der Waals surface area contributed by atoms with E-state index in [-0.39, 0.29) is 0 Å². The van der Waals surface area contributed by atoms with Gasteiger partial charge in [-0.2, -0.15) is 0 Å². The van der Waals surface area contributed by atoms with Gasteiger partial charge in [-0.15, -0.1) is 0 Å². The summed E-state index contributed by atoms with van der Waals surface area (Å²) in [4.78, 5) is 0. The number of allylic oxidation sites excluding steroid dienone is 4. The van der Waals surface area contributed by atoms with Gasteiger partial charge in [-0.3, -0.25) is 0 Å². The van der Waals surface area contributed by atoms with Crippen molar-refractivity contribution in [2.24, 2.45) is 5.92 Å². The molecule has 0 aliphatic heterocycles. The second-order valence-corrected chi connectivity index (χ2v) is 4.16. The molecule has 0 saturated heterocycles. The predicted octanol–water partition coefficient (Wildman–Crippen LogP) is 3.84. The first kappa shape index (κ1) is 8.10. The van der Waals surface area contributed by atoms with Gasteiger partial charge < -0.3 is 0 Å². The van der Waals surface area contributed by atoms with Crippen LogP contribution in [0.2, 0.25) is 0 Å². The fourth-order valence-electron chi connectivity index (χ4n) is 2.52. The maximum Gasteiger partial charge on any atom is -0.0163 e. The van der Waals surface area contributed by atoms with Crippen molar-refractivity contribution in [3.63, 3.8) is 0 Å². The minimum absolute atomic E-state index is 0.918. The molecule has 2 rings (SSSR count). The summed E-state index contributed by atoms with van der Waals surface area (Å²) >= 11 is 0. The molecule has 0 aromatic carbocycles. The zero-order valence-corrected chi connectivity index (χ0v) is 7.97. The Labute approximate surface area is 75.4 Å². The first-order valence-electron chi connectivity index (χ1n) is 5.24. The monoisotopic (exact) mass is 162 g/mol. The van der Waals surface area contributed by atoms with E-state index in [0.717, 1.165) is 5.92 Å². The Bertz CT molecular complexity index is 214. The zero-order chi connectivity index (χ0) is 8.39. The average Bonchev–Trinajstić information content (AvgIpc) is 2.57. The SMILES string of the molecule is CC1=C(C2CCCC2)C=CCC1. The van der Waals surface area contributed by atoms with Crippen LogP contribution in [0.5, 0.6) is 0 Å². The maximum absolute atomic E-state index is 2.38. The van der Waals surface area contributed by atoms with Crippen molar-refractivity contribution in [3.8, 4) is 0 Å². The fraction of sp³-hybridized carbons (Fsp3) is 0.667. The molecule has 0 amide bonds. The third kappa shape index (κ3) is 1.48. The molecule has 1 fully saturated rings. The van der Waals surface area contributed by atoms with Crippen LogP contribution >= 0.6 is 0 Å². The summed E-state index contributed by atoms with van der Waals surface area (Å²) in [7, 11) is 0. The molecule has 66 valence electrons. The lowest BCUT2D eigenvalue weighted by atomic mass is 9.88. The van der Waals surface area contributed by atoms with E-state index >= 15 is 0 Å². The molecule has 0 spiro atoms. The van der Waals surface area contributed by atoms with E-state index in [0.29, 0.717) is 0 Å². The molecule has 2 aliphatic carbocycles. The Morgan fingerprint density at radius 3 is 2.67 bits per heavy atom. The van der Waals surface area contributed by atoms with Gasteiger partial charge in [0.15, 0.2) is 0 Å². The van der Waals surface area contributed by atoms with Crippen LogP contribution < -0.4 is 0 Å². The summed E-state index contributed by atoms with van der Waals surface area (Å²) in [6.45, 7) is 2.32. The molecule has 12 heavy (non-hydrogen) atoms. The van der Waals surface area contributed by atoms with Crippen molar-refractivity contribution >= 4 is 0 Å². The lowest BCUT2D eigenvalue weighted by Gasteiger charge is -2.18. The van der Waals surface area contributed by atoms with Crippen LogP contribution in [0.15, 0.2) is 23.3 Å². The van der Waals surface area contributed by atoms with Crippen LogP contribution in [0.1, 0.15) is 45.4 Å². The highest BCUT2D eigenvalue weighted by Gasteiger charge is 2.20. The van der Waals surface area contributed by atoms with Gasteiger partial charge in [-0.1, -0.05) is 30.6 Å². The zero-order valence-electron chi connectivity index (χ0n) is 7.97. The molecule has 0 nitrogen and oxygen atoms in total. The molecule has 0 unspecified atom stereocenters. The molecular weight excluding hydrogens is 144 g/mol. The minimum atomic E-state index is 0.918. The predicted molar refractivity (Wildman–Crippen MR) is 53.0 cm³/mol. The summed E-state index contributed by atoms with van der Waals surface area (Å²) in [5.74, 6) is 0.918. The summed E-state index contributed by atoms with van der Waals surface area (Å²) in [5.41, 5.74) is 3.34. The summed E-state index contributed by atoms with van der Waals surface area (Å²) < 4.78 is 0. The third-order valence-electron chi connectivity index (χ3n) is 3.27. The van der Waals surface area contributed by atoms with E-state index < -0.39 is 0 Å². The minimum Gasteiger partial charge on any atom is -0.0839 e. The molecular formula is C12H18. The topological polar surface area (TPSA) is 0 Å². The van der Waals surface area contributed by atoms with E-state index in [4.69, 9.17) is 0 Å². The van der Waals surface area contributed by atoms with Crippen LogP contribution in [0, 0.1) is 5.92 Å². The molecule has 1 saturated carbocycles. The highest BCUT2D eigenvalue weighted by Crippen LogP contribution is 2.35. The summed E-state index contributed by atoms with van der Waals surface area (Å²) in [6, 6.07) is 0. The van der Waals surface area contributed by atoms with E-state index in [2.05, 4.69) is 19.1 Å². The number of rotatable bonds is 1. The van der Waals surface area contributed by atoms with E-state index in [9.17, 15) is 0 Å². The van der Waals surface area contributed by atoms with E-state index in [1.165, 1.54) is 38.5 Å². The maximum atomic E-state index is 2.38. The number of hydrogen-bond acceptors (Lipinski definition) is 0. The highest BCUT2D eigenvalue weighted by atomic mass is 14.2. The molecule has 0 N–H and O–H groups in total. The molecule has 0 aromatic heterocycles. The van der Waals surface area contributed by atoms with Gasteiger partial charge in [-0.25, -0.2) is 0 Å². The normalized spacial score (nSPS) is 25.4. The largest absolute Gasteiger partial charge is 0.0839 e. The van der Waals surface area contributed by atoms with Gasteiger partial charge in [0.1, 0.15) is 0 Å². The van der Waals surface area contributed by atoms with Crippen molar-refractivity contribution in [1.82, 2.24) is 0 Å². The quantitative estimate of drug-likeness (QED) is 0.549. The van der Waals surface area contributed by atoms with Crippen molar-refractivity contribution in [2.45, 2.75) is 45.4 Å². The van der Waals surface area contributed by atoms with Crippen molar-refractivity contribution in [3.05, 3.63) is 23.3 Å². The van der Waals surface area contributed by atoms with Crippen molar-refractivity contribution in [1.29, 1.82) is 0 Å². The molecule has 2 aliphatic rings. The molecule has 0 atom stereocenters. The van der Waals surface area contributed by atoms with Crippen molar-refractivity contribution in [2.75, 3.05) is 0 Å². The smallest absolute Gasteiger partial charge is 0.0163 e. The Morgan fingerprint density at radius 2 is 2.00 bits per heavy atom. The summed E-state index contributed by atoms with van der Waals surface area (Å²) in [6.07, 6.45) is 13.1.